The van der Waals surface area contributed by atoms with E-state index in [1.54, 1.807) is 12.2 Å². The van der Waals surface area contributed by atoms with E-state index in [9.17, 15) is 9.59 Å². The van der Waals surface area contributed by atoms with Crippen molar-refractivity contribution in [2.45, 2.75) is 19.8 Å². The molecule has 0 fully saturated rings. The van der Waals surface area contributed by atoms with Crippen LogP contribution in [0.25, 0.3) is 0 Å². The highest BCUT2D eigenvalue weighted by atomic mass is 16.5. The molecule has 78 valence electrons. The zero-order valence-corrected chi connectivity index (χ0v) is 8.10. The van der Waals surface area contributed by atoms with Gasteiger partial charge in [-0.15, -0.1) is 0 Å². The van der Waals surface area contributed by atoms with Crippen molar-refractivity contribution in [3.8, 4) is 0 Å². The lowest BCUT2D eigenvalue weighted by molar-refractivity contribution is -0.137. The fraction of sp³-hybridized carbons (Fsp3) is 0.400. The number of aldehydes is 1. The predicted molar refractivity (Wildman–Crippen MR) is 51.8 cm³/mol. The molecule has 0 unspecified atom stereocenters. The van der Waals surface area contributed by atoms with Gasteiger partial charge in [-0.05, 0) is 18.6 Å². The number of carbonyl (C=O) groups is 2. The van der Waals surface area contributed by atoms with Crippen molar-refractivity contribution in [1.29, 1.82) is 0 Å². The Kier molecular flexibility index (Phi) is 7.13. The first kappa shape index (κ1) is 12.4. The van der Waals surface area contributed by atoms with Gasteiger partial charge in [0.1, 0.15) is 12.9 Å². The van der Waals surface area contributed by atoms with Gasteiger partial charge in [-0.25, -0.2) is 0 Å². The largest absolute Gasteiger partial charge is 0.497 e. The van der Waals surface area contributed by atoms with Gasteiger partial charge in [0.25, 0.3) is 0 Å². The molecule has 1 aliphatic rings. The molecule has 4 heteroatoms. The van der Waals surface area contributed by atoms with Crippen molar-refractivity contribution in [3.63, 3.8) is 0 Å². The standard InChI is InChI=1S/C6H6O2.C4H8O2/c7-5-6-1-3-8-4-2-6;1-2-3-4(5)6/h1-3,5H,4H2;2-3H2,1H3,(H,5,6). The van der Waals surface area contributed by atoms with E-state index in [-0.39, 0.29) is 0 Å². The van der Waals surface area contributed by atoms with Crippen LogP contribution in [0.2, 0.25) is 0 Å². The molecule has 1 rings (SSSR count). The van der Waals surface area contributed by atoms with Crippen LogP contribution in [0.5, 0.6) is 0 Å². The monoisotopic (exact) mass is 198 g/mol. The second-order valence-electron chi connectivity index (χ2n) is 2.60. The molecule has 14 heavy (non-hydrogen) atoms. The lowest BCUT2D eigenvalue weighted by Crippen LogP contribution is -1.91. The lowest BCUT2D eigenvalue weighted by atomic mass is 10.2. The fourth-order valence-corrected chi connectivity index (χ4v) is 0.696. The topological polar surface area (TPSA) is 63.6 Å². The molecule has 0 aliphatic carbocycles. The summed E-state index contributed by atoms with van der Waals surface area (Å²) < 4.78 is 4.79. The number of hydrogen-bond acceptors (Lipinski definition) is 3. The maximum Gasteiger partial charge on any atom is 0.303 e. The molecule has 0 aromatic carbocycles. The Morgan fingerprint density at radius 1 is 1.71 bits per heavy atom. The molecular weight excluding hydrogens is 184 g/mol. The summed E-state index contributed by atoms with van der Waals surface area (Å²) >= 11 is 0. The van der Waals surface area contributed by atoms with E-state index >= 15 is 0 Å². The molecule has 0 amide bonds. The first-order valence-corrected chi connectivity index (χ1v) is 4.36. The van der Waals surface area contributed by atoms with Gasteiger partial charge in [0.05, 0.1) is 6.26 Å². The van der Waals surface area contributed by atoms with Crippen molar-refractivity contribution in [3.05, 3.63) is 24.0 Å². The molecule has 4 nitrogen and oxygen atoms in total. The van der Waals surface area contributed by atoms with E-state index in [0.29, 0.717) is 18.6 Å². The average molecular weight is 198 g/mol. The lowest BCUT2D eigenvalue weighted by Gasteiger charge is -1.99. The third-order valence-electron chi connectivity index (χ3n) is 1.37. The number of carboxylic acids is 1. The van der Waals surface area contributed by atoms with Gasteiger partial charge < -0.3 is 9.84 Å². The summed E-state index contributed by atoms with van der Waals surface area (Å²) in [6.45, 7) is 2.36. The molecule has 0 spiro atoms. The Balaban J connectivity index is 0.000000255. The van der Waals surface area contributed by atoms with E-state index in [1.807, 2.05) is 6.92 Å². The van der Waals surface area contributed by atoms with Crippen molar-refractivity contribution in [1.82, 2.24) is 0 Å². The van der Waals surface area contributed by atoms with E-state index in [2.05, 4.69) is 0 Å². The van der Waals surface area contributed by atoms with E-state index in [0.717, 1.165) is 12.7 Å². The minimum Gasteiger partial charge on any atom is -0.497 e. The SMILES string of the molecule is CCCC(=O)O.O=CC1=CCOC=C1. The number of allylic oxidation sites excluding steroid dienone is 2. The Hall–Kier alpha value is -1.58. The number of ether oxygens (including phenoxy) is 1. The fourth-order valence-electron chi connectivity index (χ4n) is 0.696. The van der Waals surface area contributed by atoms with Gasteiger partial charge in [-0.1, -0.05) is 6.92 Å². The van der Waals surface area contributed by atoms with Crippen molar-refractivity contribution in [2.24, 2.45) is 0 Å². The Morgan fingerprint density at radius 3 is 2.64 bits per heavy atom. The van der Waals surface area contributed by atoms with Crippen LogP contribution < -0.4 is 0 Å². The van der Waals surface area contributed by atoms with E-state index in [1.165, 1.54) is 6.26 Å². The Morgan fingerprint density at radius 2 is 2.43 bits per heavy atom. The van der Waals surface area contributed by atoms with Gasteiger partial charge in [0, 0.05) is 12.0 Å². The molecule has 0 atom stereocenters. The van der Waals surface area contributed by atoms with Crippen molar-refractivity contribution >= 4 is 12.3 Å². The smallest absolute Gasteiger partial charge is 0.303 e. The maximum atomic E-state index is 9.98. The van der Waals surface area contributed by atoms with Crippen LogP contribution in [0.3, 0.4) is 0 Å². The van der Waals surface area contributed by atoms with Crippen LogP contribution in [0.1, 0.15) is 19.8 Å². The summed E-state index contributed by atoms with van der Waals surface area (Å²) in [6, 6.07) is 0. The highest BCUT2D eigenvalue weighted by Gasteiger charge is 1.91. The van der Waals surface area contributed by atoms with Crippen LogP contribution >= 0.6 is 0 Å². The normalized spacial score (nSPS) is 13.1. The Bertz CT molecular complexity index is 241. The first-order valence-electron chi connectivity index (χ1n) is 4.36. The summed E-state index contributed by atoms with van der Waals surface area (Å²) in [5, 5.41) is 7.91. The minimum absolute atomic E-state index is 0.292. The van der Waals surface area contributed by atoms with Crippen LogP contribution in [-0.2, 0) is 14.3 Å². The average Bonchev–Trinajstić information content (AvgIpc) is 2.20. The van der Waals surface area contributed by atoms with Crippen LogP contribution in [-0.4, -0.2) is 24.0 Å². The Labute approximate surface area is 82.9 Å². The molecule has 0 aromatic heterocycles. The van der Waals surface area contributed by atoms with Crippen molar-refractivity contribution in [2.75, 3.05) is 6.61 Å². The summed E-state index contributed by atoms with van der Waals surface area (Å²) in [6.07, 6.45) is 6.71. The van der Waals surface area contributed by atoms with Crippen LogP contribution in [0.15, 0.2) is 24.0 Å². The number of aliphatic carboxylic acids is 1. The van der Waals surface area contributed by atoms with Crippen LogP contribution in [0.4, 0.5) is 0 Å². The molecule has 0 saturated carbocycles. The second kappa shape index (κ2) is 8.04. The quantitative estimate of drug-likeness (QED) is 0.698. The zero-order chi connectivity index (χ0) is 10.8. The third-order valence-corrected chi connectivity index (χ3v) is 1.37. The third kappa shape index (κ3) is 7.09. The molecule has 0 radical (unpaired) electrons. The van der Waals surface area contributed by atoms with Gasteiger partial charge in [0.2, 0.25) is 0 Å². The summed E-state index contributed by atoms with van der Waals surface area (Å²) in [4.78, 5) is 19.6. The number of hydrogen-bond donors (Lipinski definition) is 1. The minimum atomic E-state index is -0.711. The predicted octanol–water partition coefficient (Wildman–Crippen LogP) is 1.53. The molecule has 0 bridgehead atoms. The highest BCUT2D eigenvalue weighted by Crippen LogP contribution is 1.98. The number of carbonyl (C=O) groups excluding carboxylic acids is 1. The summed E-state index contributed by atoms with van der Waals surface area (Å²) in [7, 11) is 0. The van der Waals surface area contributed by atoms with Gasteiger partial charge in [-0.2, -0.15) is 0 Å². The first-order chi connectivity index (χ1) is 6.70. The van der Waals surface area contributed by atoms with Crippen LogP contribution in [0, 0.1) is 0 Å². The van der Waals surface area contributed by atoms with Gasteiger partial charge >= 0.3 is 5.97 Å². The molecular formula is C10H14O4. The maximum absolute atomic E-state index is 9.98. The summed E-state index contributed by atoms with van der Waals surface area (Å²) in [5.41, 5.74) is 0.691. The summed E-state index contributed by atoms with van der Waals surface area (Å²) in [5.74, 6) is -0.711. The van der Waals surface area contributed by atoms with Gasteiger partial charge in [-0.3, -0.25) is 9.59 Å². The van der Waals surface area contributed by atoms with Crippen molar-refractivity contribution < 1.29 is 19.4 Å². The second-order valence-corrected chi connectivity index (χ2v) is 2.60. The number of rotatable bonds is 3. The van der Waals surface area contributed by atoms with E-state index < -0.39 is 5.97 Å². The zero-order valence-electron chi connectivity index (χ0n) is 8.10. The molecule has 0 saturated heterocycles. The highest BCUT2D eigenvalue weighted by molar-refractivity contribution is 5.77. The van der Waals surface area contributed by atoms with Gasteiger partial charge in [0.15, 0.2) is 0 Å². The number of carboxylic acid groups (broad SMARTS) is 1. The molecule has 1 aliphatic heterocycles. The molecule has 0 aromatic rings. The molecule has 1 N–H and O–H groups in total. The van der Waals surface area contributed by atoms with E-state index in [4.69, 9.17) is 9.84 Å². The molecule has 1 heterocycles.